The molecule has 11 nitrogen and oxygen atoms in total. The average molecular weight is 800 g/mol. The molecule has 0 unspecified atom stereocenters. The molecule has 5 aromatic rings. The van der Waals surface area contributed by atoms with Gasteiger partial charge in [0.2, 0.25) is 0 Å². The normalized spacial score (nSPS) is 19.5. The second-order valence-corrected chi connectivity index (χ2v) is 15.2. The number of amides is 2. The van der Waals surface area contributed by atoms with Crippen LogP contribution in [0.3, 0.4) is 0 Å². The number of aliphatic hydroxyl groups excluding tert-OH is 1. The Morgan fingerprint density at radius 3 is 2.19 bits per heavy atom. The summed E-state index contributed by atoms with van der Waals surface area (Å²) in [6.07, 6.45) is 0.217. The molecule has 2 amide bonds. The van der Waals surface area contributed by atoms with Gasteiger partial charge in [0.1, 0.15) is 6.04 Å². The molecule has 5 aromatic carbocycles. The molecule has 0 bridgehead atoms. The number of nitrogens with zero attached hydrogens (tertiary/aromatic N) is 1. The Balaban J connectivity index is 1.06. The number of aliphatic hydroxyl groups is 1. The van der Waals surface area contributed by atoms with E-state index < -0.39 is 24.3 Å². The molecule has 11 heteroatoms. The summed E-state index contributed by atoms with van der Waals surface area (Å²) in [4.78, 5) is 28.0. The van der Waals surface area contributed by atoms with Crippen LogP contribution in [0.15, 0.2) is 115 Å². The molecule has 2 heterocycles. The highest BCUT2D eigenvalue weighted by atomic mass is 16.7. The van der Waals surface area contributed by atoms with Crippen molar-refractivity contribution in [1.82, 2.24) is 15.5 Å². The van der Waals surface area contributed by atoms with Gasteiger partial charge in [0.05, 0.1) is 40.1 Å². The van der Waals surface area contributed by atoms with Crippen LogP contribution in [0.2, 0.25) is 0 Å². The third-order valence-electron chi connectivity index (χ3n) is 11.4. The molecule has 1 saturated heterocycles. The van der Waals surface area contributed by atoms with Crippen LogP contribution < -0.4 is 20.1 Å². The number of carbonyl (C=O) groups excluding carboxylic acids is 2. The maximum absolute atomic E-state index is 13.1. The summed E-state index contributed by atoms with van der Waals surface area (Å²) in [7, 11) is 4.64. The van der Waals surface area contributed by atoms with E-state index in [-0.39, 0.29) is 31.3 Å². The number of hydrogen-bond donors (Lipinski definition) is 3. The number of benzene rings is 5. The molecule has 1 fully saturated rings. The number of urea groups is 1. The summed E-state index contributed by atoms with van der Waals surface area (Å²) in [5.41, 5.74) is 9.03. The molecule has 308 valence electrons. The van der Waals surface area contributed by atoms with Gasteiger partial charge in [0.15, 0.2) is 17.8 Å². The van der Waals surface area contributed by atoms with E-state index in [0.717, 1.165) is 76.5 Å². The van der Waals surface area contributed by atoms with E-state index in [2.05, 4.69) is 46.7 Å². The molecule has 7 rings (SSSR count). The monoisotopic (exact) mass is 799 g/mol. The summed E-state index contributed by atoms with van der Waals surface area (Å²) in [5, 5.41) is 15.4. The highest BCUT2D eigenvalue weighted by Gasteiger charge is 2.39. The van der Waals surface area contributed by atoms with E-state index in [1.807, 2.05) is 91.0 Å². The fourth-order valence-corrected chi connectivity index (χ4v) is 8.03. The fraction of sp³-hybridized carbons (Fsp3) is 0.333. The zero-order valence-electron chi connectivity index (χ0n) is 34.1. The van der Waals surface area contributed by atoms with E-state index in [1.54, 1.807) is 14.2 Å². The van der Waals surface area contributed by atoms with Crippen LogP contribution in [-0.2, 0) is 51.5 Å². The lowest BCUT2D eigenvalue weighted by Crippen LogP contribution is -2.47. The van der Waals surface area contributed by atoms with E-state index in [0.29, 0.717) is 6.42 Å². The largest absolute Gasteiger partial charge is 0.493 e. The first-order chi connectivity index (χ1) is 28.8. The van der Waals surface area contributed by atoms with E-state index >= 15 is 0 Å². The maximum Gasteiger partial charge on any atom is 0.328 e. The first kappa shape index (κ1) is 41.4. The second-order valence-electron chi connectivity index (χ2n) is 15.2. The van der Waals surface area contributed by atoms with Gasteiger partial charge >= 0.3 is 12.0 Å². The first-order valence-electron chi connectivity index (χ1n) is 20.1. The van der Waals surface area contributed by atoms with E-state index in [4.69, 9.17) is 23.7 Å². The van der Waals surface area contributed by atoms with Crippen molar-refractivity contribution in [2.24, 2.45) is 5.92 Å². The van der Waals surface area contributed by atoms with Crippen LogP contribution in [0.1, 0.15) is 58.3 Å². The van der Waals surface area contributed by atoms with Crippen LogP contribution in [0, 0.1) is 5.92 Å². The SMILES string of the molecule is COC(=O)[C@H](Cc1ccccc1)NC(=O)NCc1ccccc1-c1ccc([C@H]2O[C@@H](CN3CCc4cc(OC)c(OC)cc4C3)[C@@H](C)[C@@H](c3ccc(CO)cc3)O2)cc1. The van der Waals surface area contributed by atoms with Gasteiger partial charge in [0.25, 0.3) is 0 Å². The minimum absolute atomic E-state index is 0.0217. The average Bonchev–Trinajstić information content (AvgIpc) is 3.28. The van der Waals surface area contributed by atoms with Crippen molar-refractivity contribution in [3.8, 4) is 22.6 Å². The predicted octanol–water partition coefficient (Wildman–Crippen LogP) is 7.30. The smallest absolute Gasteiger partial charge is 0.328 e. The zero-order chi connectivity index (χ0) is 41.3. The quantitative estimate of drug-likeness (QED) is 0.0993. The Bertz CT molecular complexity index is 2180. The Labute approximate surface area is 346 Å². The molecular weight excluding hydrogens is 747 g/mol. The van der Waals surface area contributed by atoms with Crippen LogP contribution in [0.25, 0.3) is 11.1 Å². The van der Waals surface area contributed by atoms with E-state index in [1.165, 1.54) is 18.2 Å². The molecule has 0 saturated carbocycles. The highest BCUT2D eigenvalue weighted by molar-refractivity contribution is 5.84. The van der Waals surface area contributed by atoms with Crippen LogP contribution in [-0.4, -0.2) is 68.6 Å². The predicted molar refractivity (Wildman–Crippen MR) is 225 cm³/mol. The van der Waals surface area contributed by atoms with Crippen molar-refractivity contribution in [3.05, 3.63) is 154 Å². The van der Waals surface area contributed by atoms with Gasteiger partial charge in [-0.2, -0.15) is 0 Å². The minimum atomic E-state index is -0.832. The van der Waals surface area contributed by atoms with Gasteiger partial charge in [-0.05, 0) is 63.1 Å². The second kappa shape index (κ2) is 19.4. The number of methoxy groups -OCH3 is 3. The molecule has 59 heavy (non-hydrogen) atoms. The number of fused-ring (bicyclic) bond motifs is 1. The van der Waals surface area contributed by atoms with Gasteiger partial charge in [0, 0.05) is 44.1 Å². The van der Waals surface area contributed by atoms with Crippen LogP contribution in [0.5, 0.6) is 11.5 Å². The summed E-state index contributed by atoms with van der Waals surface area (Å²) < 4.78 is 29.8. The molecular formula is C48H53N3O8. The number of nitrogens with one attached hydrogen (secondary N) is 2. The molecule has 0 spiro atoms. The van der Waals surface area contributed by atoms with Gasteiger partial charge in [-0.15, -0.1) is 0 Å². The van der Waals surface area contributed by atoms with Gasteiger partial charge in [-0.3, -0.25) is 4.90 Å². The third kappa shape index (κ3) is 9.95. The standard InChI is InChI=1S/C48H53N3O8/c1-31-44(29-51-23-22-37-25-42(55-2)43(56-3)26-39(37)28-51)58-47(59-45(31)35-16-14-33(30-52)15-17-35)36-20-18-34(19-21-36)40-13-9-8-12-38(40)27-49-48(54)50-41(46(53)57-4)24-32-10-6-5-7-11-32/h5-21,25-26,31,41,44-45,47,52H,22-24,27-30H2,1-4H3,(H2,49,50,54)/t31-,41+,44+,45+,47+/m1/s1. The first-order valence-corrected chi connectivity index (χ1v) is 20.1. The zero-order valence-corrected chi connectivity index (χ0v) is 34.1. The number of rotatable bonds is 14. The maximum atomic E-state index is 13.1. The Morgan fingerprint density at radius 1 is 0.814 bits per heavy atom. The minimum Gasteiger partial charge on any atom is -0.493 e. The van der Waals surface area contributed by atoms with Gasteiger partial charge < -0.3 is 39.4 Å². The summed E-state index contributed by atoms with van der Waals surface area (Å²) in [6, 6.07) is 36.4. The number of hydrogen-bond acceptors (Lipinski definition) is 9. The molecule has 5 atom stereocenters. The van der Waals surface area contributed by atoms with Crippen molar-refractivity contribution in [1.29, 1.82) is 0 Å². The van der Waals surface area contributed by atoms with Crippen LogP contribution in [0.4, 0.5) is 4.79 Å². The van der Waals surface area contributed by atoms with Crippen molar-refractivity contribution in [2.45, 2.75) is 64.0 Å². The molecule has 0 aliphatic carbocycles. The van der Waals surface area contributed by atoms with Crippen molar-refractivity contribution in [2.75, 3.05) is 34.4 Å². The summed E-state index contributed by atoms with van der Waals surface area (Å²) in [5.74, 6) is 1.00. The number of esters is 1. The number of carbonyl (C=O) groups is 2. The topological polar surface area (TPSA) is 128 Å². The summed E-state index contributed by atoms with van der Waals surface area (Å²) >= 11 is 0. The molecule has 0 radical (unpaired) electrons. The highest BCUT2D eigenvalue weighted by Crippen LogP contribution is 2.43. The summed E-state index contributed by atoms with van der Waals surface area (Å²) in [6.45, 7) is 4.79. The Hall–Kier alpha value is -5.72. The Morgan fingerprint density at radius 2 is 1.49 bits per heavy atom. The lowest BCUT2D eigenvalue weighted by molar-refractivity contribution is -0.276. The van der Waals surface area contributed by atoms with Crippen molar-refractivity contribution < 1.29 is 38.4 Å². The van der Waals surface area contributed by atoms with Crippen molar-refractivity contribution in [3.63, 3.8) is 0 Å². The van der Waals surface area contributed by atoms with E-state index in [9.17, 15) is 14.7 Å². The number of ether oxygens (including phenoxy) is 5. The van der Waals surface area contributed by atoms with Gasteiger partial charge in [-0.25, -0.2) is 9.59 Å². The van der Waals surface area contributed by atoms with Crippen LogP contribution >= 0.6 is 0 Å². The third-order valence-corrected chi connectivity index (χ3v) is 11.4. The molecule has 2 aliphatic rings. The van der Waals surface area contributed by atoms with Crippen molar-refractivity contribution >= 4 is 12.0 Å². The molecule has 2 aliphatic heterocycles. The lowest BCUT2D eigenvalue weighted by atomic mass is 9.89. The van der Waals surface area contributed by atoms with Gasteiger partial charge in [-0.1, -0.05) is 110 Å². The fourth-order valence-electron chi connectivity index (χ4n) is 8.03. The molecule has 3 N–H and O–H groups in total. The molecule has 0 aromatic heterocycles. The Kier molecular flexibility index (Phi) is 13.6. The lowest BCUT2D eigenvalue weighted by Gasteiger charge is -2.43.